The van der Waals surface area contributed by atoms with E-state index >= 15 is 0 Å². The monoisotopic (exact) mass is 397 g/mol. The normalized spacial score (nSPS) is 19.3. The standard InChI is InChI=1S/C24H35NO2Si/c1-18-12-21-14-20(13-19-6-8-23(26-2)9-7-19)15-22(24(21)25-16-18)17-27-10-11-28(3,4)5/h6-9,12,16,20,22H,10-11,13-15,17H2,1-5H3/t20-,22+/m0/s1. The molecule has 3 rings (SSSR count). The van der Waals surface area contributed by atoms with E-state index in [1.54, 1.807) is 7.11 Å². The number of hydrogen-bond donors (Lipinski definition) is 0. The van der Waals surface area contributed by atoms with Crippen LogP contribution in [0.2, 0.25) is 25.7 Å². The first kappa shape index (κ1) is 21.1. The van der Waals surface area contributed by atoms with Crippen molar-refractivity contribution in [1.29, 1.82) is 0 Å². The third-order valence-electron chi connectivity index (χ3n) is 5.65. The molecule has 0 fully saturated rings. The molecule has 0 bridgehead atoms. The molecule has 0 amide bonds. The van der Waals surface area contributed by atoms with Crippen LogP contribution < -0.4 is 4.74 Å². The van der Waals surface area contributed by atoms with E-state index < -0.39 is 8.07 Å². The molecule has 3 nitrogen and oxygen atoms in total. The van der Waals surface area contributed by atoms with Crippen molar-refractivity contribution >= 4 is 8.07 Å². The second kappa shape index (κ2) is 9.23. The van der Waals surface area contributed by atoms with E-state index in [0.29, 0.717) is 11.8 Å². The van der Waals surface area contributed by atoms with Crippen molar-refractivity contribution in [3.63, 3.8) is 0 Å². The molecule has 1 aromatic heterocycles. The SMILES string of the molecule is COc1ccc(C[C@H]2Cc3cc(C)cnc3[C@@H](COCC[Si](C)(C)C)C2)cc1. The maximum absolute atomic E-state index is 6.14. The molecular formula is C24H35NO2Si. The van der Waals surface area contributed by atoms with Crippen molar-refractivity contribution in [2.24, 2.45) is 5.92 Å². The molecule has 0 radical (unpaired) electrons. The number of methoxy groups -OCH3 is 1. The zero-order valence-corrected chi connectivity index (χ0v) is 19.1. The van der Waals surface area contributed by atoms with Crippen molar-refractivity contribution in [2.75, 3.05) is 20.3 Å². The molecule has 0 unspecified atom stereocenters. The number of rotatable bonds is 8. The zero-order chi connectivity index (χ0) is 20.1. The third kappa shape index (κ3) is 5.92. The summed E-state index contributed by atoms with van der Waals surface area (Å²) in [5, 5.41) is 0. The Morgan fingerprint density at radius 1 is 1.14 bits per heavy atom. The van der Waals surface area contributed by atoms with Gasteiger partial charge in [0.1, 0.15) is 5.75 Å². The van der Waals surface area contributed by atoms with E-state index in [1.807, 2.05) is 6.20 Å². The molecule has 0 spiro atoms. The molecule has 4 heteroatoms. The van der Waals surface area contributed by atoms with Gasteiger partial charge in [-0.2, -0.15) is 0 Å². The molecule has 28 heavy (non-hydrogen) atoms. The van der Waals surface area contributed by atoms with E-state index in [0.717, 1.165) is 38.2 Å². The van der Waals surface area contributed by atoms with Gasteiger partial charge in [-0.15, -0.1) is 0 Å². The van der Waals surface area contributed by atoms with Gasteiger partial charge >= 0.3 is 0 Å². The van der Waals surface area contributed by atoms with E-state index in [4.69, 9.17) is 14.5 Å². The molecule has 152 valence electrons. The number of ether oxygens (including phenoxy) is 2. The molecule has 0 N–H and O–H groups in total. The fourth-order valence-corrected chi connectivity index (χ4v) is 4.84. The minimum atomic E-state index is -1.05. The minimum Gasteiger partial charge on any atom is -0.497 e. The number of fused-ring (bicyclic) bond motifs is 1. The number of benzene rings is 1. The summed E-state index contributed by atoms with van der Waals surface area (Å²) in [6.45, 7) is 11.0. The summed E-state index contributed by atoms with van der Waals surface area (Å²) in [5.74, 6) is 1.97. The van der Waals surface area contributed by atoms with Gasteiger partial charge in [-0.05, 0) is 67.0 Å². The van der Waals surface area contributed by atoms with Crippen molar-refractivity contribution in [3.05, 3.63) is 58.9 Å². The largest absolute Gasteiger partial charge is 0.497 e. The van der Waals surface area contributed by atoms with Gasteiger partial charge in [0.25, 0.3) is 0 Å². The summed E-state index contributed by atoms with van der Waals surface area (Å²) in [7, 11) is 0.671. The lowest BCUT2D eigenvalue weighted by Gasteiger charge is -2.31. The highest BCUT2D eigenvalue weighted by molar-refractivity contribution is 6.76. The summed E-state index contributed by atoms with van der Waals surface area (Å²) in [6.07, 6.45) is 5.38. The fraction of sp³-hybridized carbons (Fsp3) is 0.542. The Hall–Kier alpha value is -1.65. The Morgan fingerprint density at radius 3 is 2.57 bits per heavy atom. The lowest BCUT2D eigenvalue weighted by atomic mass is 9.77. The highest BCUT2D eigenvalue weighted by Crippen LogP contribution is 2.36. The molecular weight excluding hydrogens is 362 g/mol. The van der Waals surface area contributed by atoms with Gasteiger partial charge in [0.2, 0.25) is 0 Å². The topological polar surface area (TPSA) is 31.4 Å². The number of hydrogen-bond acceptors (Lipinski definition) is 3. The van der Waals surface area contributed by atoms with Gasteiger partial charge in [0, 0.05) is 32.5 Å². The van der Waals surface area contributed by atoms with Crippen molar-refractivity contribution in [3.8, 4) is 5.75 Å². The van der Waals surface area contributed by atoms with Crippen LogP contribution in [-0.2, 0) is 17.6 Å². The van der Waals surface area contributed by atoms with E-state index in [9.17, 15) is 0 Å². The highest BCUT2D eigenvalue weighted by Gasteiger charge is 2.28. The first-order valence-electron chi connectivity index (χ1n) is 10.5. The molecule has 0 aliphatic heterocycles. The lowest BCUT2D eigenvalue weighted by molar-refractivity contribution is 0.119. The molecule has 1 aliphatic rings. The number of aryl methyl sites for hydroxylation is 1. The van der Waals surface area contributed by atoms with Crippen molar-refractivity contribution in [1.82, 2.24) is 4.98 Å². The van der Waals surface area contributed by atoms with Gasteiger partial charge < -0.3 is 9.47 Å². The van der Waals surface area contributed by atoms with Crippen molar-refractivity contribution in [2.45, 2.75) is 57.8 Å². The van der Waals surface area contributed by atoms with E-state index in [1.165, 1.54) is 28.4 Å². The number of aromatic nitrogens is 1. The summed E-state index contributed by atoms with van der Waals surface area (Å²) in [5.41, 5.74) is 5.32. The smallest absolute Gasteiger partial charge is 0.118 e. The molecule has 1 heterocycles. The average Bonchev–Trinajstić information content (AvgIpc) is 2.64. The molecule has 0 saturated heterocycles. The third-order valence-corrected chi connectivity index (χ3v) is 7.35. The Morgan fingerprint density at radius 2 is 1.89 bits per heavy atom. The van der Waals surface area contributed by atoms with Gasteiger partial charge in [-0.3, -0.25) is 4.98 Å². The predicted octanol–water partition coefficient (Wildman–Crippen LogP) is 5.64. The van der Waals surface area contributed by atoms with Crippen molar-refractivity contribution < 1.29 is 9.47 Å². The van der Waals surface area contributed by atoms with Crippen LogP contribution >= 0.6 is 0 Å². The van der Waals surface area contributed by atoms with Crippen LogP contribution in [0.25, 0.3) is 0 Å². The number of nitrogens with zero attached hydrogens (tertiary/aromatic N) is 1. The van der Waals surface area contributed by atoms with Crippen LogP contribution in [0.1, 0.15) is 34.7 Å². The summed E-state index contributed by atoms with van der Waals surface area (Å²) >= 11 is 0. The minimum absolute atomic E-state index is 0.411. The molecule has 1 aromatic carbocycles. The second-order valence-corrected chi connectivity index (χ2v) is 15.1. The van der Waals surface area contributed by atoms with Gasteiger partial charge in [-0.25, -0.2) is 0 Å². The maximum Gasteiger partial charge on any atom is 0.118 e. The Labute approximate surface area is 171 Å². The van der Waals surface area contributed by atoms with Crippen LogP contribution in [0.15, 0.2) is 36.5 Å². The first-order valence-corrected chi connectivity index (χ1v) is 14.2. The Bertz CT molecular complexity index is 767. The second-order valence-electron chi connectivity index (χ2n) is 9.50. The highest BCUT2D eigenvalue weighted by atomic mass is 28.3. The molecule has 0 saturated carbocycles. The zero-order valence-electron chi connectivity index (χ0n) is 18.1. The Kier molecular flexibility index (Phi) is 6.94. The summed E-state index contributed by atoms with van der Waals surface area (Å²) in [4.78, 5) is 4.80. The van der Waals surface area contributed by atoms with Crippen LogP contribution in [-0.4, -0.2) is 33.4 Å². The summed E-state index contributed by atoms with van der Waals surface area (Å²) < 4.78 is 11.4. The van der Waals surface area contributed by atoms with E-state index in [-0.39, 0.29) is 0 Å². The van der Waals surface area contributed by atoms with Crippen LogP contribution in [0.4, 0.5) is 0 Å². The average molecular weight is 398 g/mol. The van der Waals surface area contributed by atoms with Crippen LogP contribution in [0.3, 0.4) is 0 Å². The van der Waals surface area contributed by atoms with Crippen LogP contribution in [0, 0.1) is 12.8 Å². The predicted molar refractivity (Wildman–Crippen MR) is 119 cm³/mol. The van der Waals surface area contributed by atoms with Gasteiger partial charge in [0.15, 0.2) is 0 Å². The van der Waals surface area contributed by atoms with Gasteiger partial charge in [0.05, 0.1) is 13.7 Å². The summed E-state index contributed by atoms with van der Waals surface area (Å²) in [6, 6.07) is 12.1. The first-order chi connectivity index (χ1) is 13.3. The van der Waals surface area contributed by atoms with Gasteiger partial charge in [-0.1, -0.05) is 37.8 Å². The number of pyridine rings is 1. The molecule has 2 aromatic rings. The fourth-order valence-electron chi connectivity index (χ4n) is 4.08. The maximum atomic E-state index is 6.14. The van der Waals surface area contributed by atoms with E-state index in [2.05, 4.69) is 56.9 Å². The Balaban J connectivity index is 1.68. The lowest BCUT2D eigenvalue weighted by Crippen LogP contribution is -2.26. The molecule has 1 aliphatic carbocycles. The van der Waals surface area contributed by atoms with Crippen LogP contribution in [0.5, 0.6) is 5.75 Å². The molecule has 2 atom stereocenters. The quantitative estimate of drug-likeness (QED) is 0.426.